The summed E-state index contributed by atoms with van der Waals surface area (Å²) in [7, 11) is 3.12. The molecule has 2 aromatic rings. The second kappa shape index (κ2) is 4.37. The van der Waals surface area contributed by atoms with E-state index in [1.165, 1.54) is 18.0 Å². The molecule has 0 aliphatic carbocycles. The highest BCUT2D eigenvalue weighted by molar-refractivity contribution is 9.10. The zero-order chi connectivity index (χ0) is 12.6. The number of anilines is 1. The topological polar surface area (TPSA) is 53.1 Å². The molecule has 0 spiro atoms. The number of nitrogens with two attached hydrogens (primary N) is 1. The maximum atomic E-state index is 14.1. The van der Waals surface area contributed by atoms with Crippen LogP contribution >= 0.6 is 15.9 Å². The summed E-state index contributed by atoms with van der Waals surface area (Å²) in [5.41, 5.74) is 6.73. The first-order valence-electron chi connectivity index (χ1n) is 4.85. The summed E-state index contributed by atoms with van der Waals surface area (Å²) in [5.74, 6) is 0.122. The molecule has 17 heavy (non-hydrogen) atoms. The van der Waals surface area contributed by atoms with Crippen molar-refractivity contribution in [2.75, 3.05) is 12.8 Å². The summed E-state index contributed by atoms with van der Waals surface area (Å²) in [6, 6.07) is 3.20. The van der Waals surface area contributed by atoms with Crippen molar-refractivity contribution in [3.8, 4) is 16.9 Å². The molecule has 1 heterocycles. The summed E-state index contributed by atoms with van der Waals surface area (Å²) in [5, 5.41) is 3.99. The zero-order valence-electron chi connectivity index (χ0n) is 9.37. The van der Waals surface area contributed by atoms with E-state index in [1.807, 2.05) is 0 Å². The normalized spacial score (nSPS) is 10.6. The number of hydrogen-bond donors (Lipinski definition) is 1. The summed E-state index contributed by atoms with van der Waals surface area (Å²) >= 11 is 3.30. The fourth-order valence-corrected chi connectivity index (χ4v) is 2.00. The van der Waals surface area contributed by atoms with Gasteiger partial charge < -0.3 is 10.5 Å². The van der Waals surface area contributed by atoms with Gasteiger partial charge in [0.25, 0.3) is 0 Å². The number of methoxy groups -OCH3 is 1. The molecule has 0 fully saturated rings. The van der Waals surface area contributed by atoms with Gasteiger partial charge in [0.1, 0.15) is 5.82 Å². The average molecular weight is 300 g/mol. The lowest BCUT2D eigenvalue weighted by Crippen LogP contribution is -1.99. The number of aryl methyl sites for hydroxylation is 1. The quantitative estimate of drug-likeness (QED) is 0.927. The van der Waals surface area contributed by atoms with Crippen molar-refractivity contribution in [1.29, 1.82) is 0 Å². The Morgan fingerprint density at radius 1 is 1.41 bits per heavy atom. The Morgan fingerprint density at radius 2 is 2.12 bits per heavy atom. The van der Waals surface area contributed by atoms with E-state index < -0.39 is 5.82 Å². The Kier molecular flexibility index (Phi) is 3.06. The third-order valence-electron chi connectivity index (χ3n) is 2.50. The Balaban J connectivity index is 2.67. The molecular formula is C11H11BrFN3O. The summed E-state index contributed by atoms with van der Waals surface area (Å²) < 4.78 is 21.3. The molecule has 0 amide bonds. The van der Waals surface area contributed by atoms with Crippen LogP contribution in [0, 0.1) is 5.82 Å². The molecule has 0 atom stereocenters. The molecule has 0 saturated heterocycles. The number of nitrogen functional groups attached to an aromatic ring is 1. The first kappa shape index (κ1) is 11.9. The van der Waals surface area contributed by atoms with Gasteiger partial charge in [0.2, 0.25) is 0 Å². The molecule has 2 rings (SSSR count). The molecule has 90 valence electrons. The van der Waals surface area contributed by atoms with E-state index in [4.69, 9.17) is 10.5 Å². The van der Waals surface area contributed by atoms with Crippen molar-refractivity contribution in [1.82, 2.24) is 9.78 Å². The minimum Gasteiger partial charge on any atom is -0.494 e. The predicted octanol–water partition coefficient (Wildman–Crippen LogP) is 2.58. The Morgan fingerprint density at radius 3 is 2.65 bits per heavy atom. The fraction of sp³-hybridized carbons (Fsp3) is 0.182. The van der Waals surface area contributed by atoms with Gasteiger partial charge in [0.05, 0.1) is 13.3 Å². The second-order valence-corrected chi connectivity index (χ2v) is 4.45. The highest BCUT2D eigenvalue weighted by Gasteiger charge is 2.16. The molecule has 0 radical (unpaired) electrons. The molecule has 1 aromatic heterocycles. The van der Waals surface area contributed by atoms with Crippen LogP contribution in [0.3, 0.4) is 0 Å². The number of halogens is 2. The van der Waals surface area contributed by atoms with Crippen molar-refractivity contribution in [2.45, 2.75) is 0 Å². The van der Waals surface area contributed by atoms with Crippen LogP contribution in [0.15, 0.2) is 22.8 Å². The molecular weight excluding hydrogens is 289 g/mol. The molecule has 0 bridgehead atoms. The van der Waals surface area contributed by atoms with Crippen molar-refractivity contribution >= 4 is 21.7 Å². The summed E-state index contributed by atoms with van der Waals surface area (Å²) in [4.78, 5) is 0. The van der Waals surface area contributed by atoms with Gasteiger partial charge in [-0.3, -0.25) is 4.68 Å². The number of nitrogens with zero attached hydrogens (tertiary/aromatic N) is 2. The van der Waals surface area contributed by atoms with Crippen LogP contribution in [0.5, 0.6) is 5.75 Å². The van der Waals surface area contributed by atoms with Crippen LogP contribution in [0.2, 0.25) is 0 Å². The number of hydrogen-bond acceptors (Lipinski definition) is 3. The minimum absolute atomic E-state index is 0.164. The van der Waals surface area contributed by atoms with E-state index >= 15 is 0 Å². The largest absolute Gasteiger partial charge is 0.494 e. The van der Waals surface area contributed by atoms with Gasteiger partial charge in [0, 0.05) is 22.6 Å². The lowest BCUT2D eigenvalue weighted by molar-refractivity contribution is 0.387. The standard InChI is InChI=1S/C11H11BrFN3O/c1-16-11(14)8(5-15-16)7-3-6(12)4-9(17-2)10(7)13/h3-5H,14H2,1-2H3. The van der Waals surface area contributed by atoms with Crippen molar-refractivity contribution in [3.05, 3.63) is 28.6 Å². The van der Waals surface area contributed by atoms with Gasteiger partial charge in [-0.25, -0.2) is 4.39 Å². The van der Waals surface area contributed by atoms with E-state index in [0.717, 1.165) is 0 Å². The van der Waals surface area contributed by atoms with Gasteiger partial charge in [0.15, 0.2) is 11.6 Å². The van der Waals surface area contributed by atoms with Crippen LogP contribution in [0.1, 0.15) is 0 Å². The third kappa shape index (κ3) is 2.00. The van der Waals surface area contributed by atoms with E-state index in [1.54, 1.807) is 19.2 Å². The maximum absolute atomic E-state index is 14.1. The van der Waals surface area contributed by atoms with Crippen molar-refractivity contribution < 1.29 is 9.13 Å². The van der Waals surface area contributed by atoms with Gasteiger partial charge in [-0.05, 0) is 12.1 Å². The van der Waals surface area contributed by atoms with Gasteiger partial charge >= 0.3 is 0 Å². The summed E-state index contributed by atoms with van der Waals surface area (Å²) in [6.45, 7) is 0. The van der Waals surface area contributed by atoms with Crippen molar-refractivity contribution in [3.63, 3.8) is 0 Å². The Bertz CT molecular complexity index is 568. The highest BCUT2D eigenvalue weighted by atomic mass is 79.9. The number of benzene rings is 1. The number of aromatic nitrogens is 2. The SMILES string of the molecule is COc1cc(Br)cc(-c2cnn(C)c2N)c1F. The van der Waals surface area contributed by atoms with Gasteiger partial charge in [-0.15, -0.1) is 0 Å². The predicted molar refractivity (Wildman–Crippen MR) is 67.3 cm³/mol. The second-order valence-electron chi connectivity index (χ2n) is 3.54. The monoisotopic (exact) mass is 299 g/mol. The lowest BCUT2D eigenvalue weighted by atomic mass is 10.1. The van der Waals surface area contributed by atoms with E-state index in [-0.39, 0.29) is 5.75 Å². The highest BCUT2D eigenvalue weighted by Crippen LogP contribution is 2.35. The number of rotatable bonds is 2. The minimum atomic E-state index is -0.449. The van der Waals surface area contributed by atoms with Gasteiger partial charge in [-0.1, -0.05) is 15.9 Å². The van der Waals surface area contributed by atoms with E-state index in [0.29, 0.717) is 21.4 Å². The van der Waals surface area contributed by atoms with E-state index in [2.05, 4.69) is 21.0 Å². The molecule has 0 unspecified atom stereocenters. The first-order chi connectivity index (χ1) is 8.04. The number of ether oxygens (including phenoxy) is 1. The smallest absolute Gasteiger partial charge is 0.173 e. The molecule has 2 N–H and O–H groups in total. The van der Waals surface area contributed by atoms with Crippen LogP contribution in [-0.4, -0.2) is 16.9 Å². The maximum Gasteiger partial charge on any atom is 0.173 e. The fourth-order valence-electron chi connectivity index (χ4n) is 1.56. The van der Waals surface area contributed by atoms with Crippen LogP contribution < -0.4 is 10.5 Å². The Labute approximate surface area is 106 Å². The zero-order valence-corrected chi connectivity index (χ0v) is 11.0. The molecule has 1 aromatic carbocycles. The molecule has 0 aliphatic heterocycles. The van der Waals surface area contributed by atoms with Crippen LogP contribution in [0.25, 0.3) is 11.1 Å². The van der Waals surface area contributed by atoms with Gasteiger partial charge in [-0.2, -0.15) is 5.10 Å². The van der Waals surface area contributed by atoms with Crippen LogP contribution in [-0.2, 0) is 7.05 Å². The Hall–Kier alpha value is -1.56. The van der Waals surface area contributed by atoms with Crippen molar-refractivity contribution in [2.24, 2.45) is 7.05 Å². The molecule has 6 heteroatoms. The molecule has 0 aliphatic rings. The van der Waals surface area contributed by atoms with Crippen LogP contribution in [0.4, 0.5) is 10.2 Å². The third-order valence-corrected chi connectivity index (χ3v) is 2.96. The summed E-state index contributed by atoms with van der Waals surface area (Å²) in [6.07, 6.45) is 1.53. The molecule has 0 saturated carbocycles. The first-order valence-corrected chi connectivity index (χ1v) is 5.64. The lowest BCUT2D eigenvalue weighted by Gasteiger charge is -2.08. The van der Waals surface area contributed by atoms with E-state index in [9.17, 15) is 4.39 Å². The molecule has 4 nitrogen and oxygen atoms in total. The average Bonchev–Trinajstić information content (AvgIpc) is 2.63.